The van der Waals surface area contributed by atoms with Crippen molar-refractivity contribution in [3.8, 4) is 0 Å². The molecule has 0 aliphatic carbocycles. The standard InChI is InChI=1S/C12H23NO3/c1-11(2,3)7-9(8-14)13-10(15)16-12(4,5)6/h8-9H,7H2,1-6H3,(H,13,15). The summed E-state index contributed by atoms with van der Waals surface area (Å²) in [5.74, 6) is 0. The summed E-state index contributed by atoms with van der Waals surface area (Å²) in [5.41, 5.74) is -0.556. The van der Waals surface area contributed by atoms with Crippen molar-refractivity contribution in [2.75, 3.05) is 0 Å². The highest BCUT2D eigenvalue weighted by Gasteiger charge is 2.22. The molecule has 0 aliphatic heterocycles. The van der Waals surface area contributed by atoms with Crippen LogP contribution in [-0.2, 0) is 9.53 Å². The maximum absolute atomic E-state index is 11.4. The Morgan fingerprint density at radius 2 is 1.75 bits per heavy atom. The number of amides is 1. The van der Waals surface area contributed by atoms with Gasteiger partial charge in [0.2, 0.25) is 0 Å². The van der Waals surface area contributed by atoms with Gasteiger partial charge in [0.15, 0.2) is 0 Å². The Hall–Kier alpha value is -1.06. The third kappa shape index (κ3) is 8.26. The summed E-state index contributed by atoms with van der Waals surface area (Å²) < 4.78 is 5.08. The Labute approximate surface area is 97.7 Å². The molecule has 0 rings (SSSR count). The minimum atomic E-state index is -0.547. The predicted octanol–water partition coefficient (Wildman–Crippen LogP) is 2.51. The van der Waals surface area contributed by atoms with Crippen LogP contribution < -0.4 is 5.32 Å². The fourth-order valence-electron chi connectivity index (χ4n) is 1.25. The van der Waals surface area contributed by atoms with Crippen LogP contribution in [0.25, 0.3) is 0 Å². The van der Waals surface area contributed by atoms with E-state index in [4.69, 9.17) is 4.74 Å². The predicted molar refractivity (Wildman–Crippen MR) is 63.3 cm³/mol. The van der Waals surface area contributed by atoms with Gasteiger partial charge in [-0.2, -0.15) is 0 Å². The number of nitrogens with one attached hydrogen (secondary N) is 1. The monoisotopic (exact) mass is 229 g/mol. The molecule has 0 spiro atoms. The van der Waals surface area contributed by atoms with Crippen LogP contribution in [0, 0.1) is 5.41 Å². The molecule has 0 aromatic carbocycles. The van der Waals surface area contributed by atoms with Crippen molar-refractivity contribution in [1.82, 2.24) is 5.32 Å². The highest BCUT2D eigenvalue weighted by Crippen LogP contribution is 2.20. The quantitative estimate of drug-likeness (QED) is 0.756. The van der Waals surface area contributed by atoms with E-state index in [2.05, 4.69) is 5.32 Å². The van der Waals surface area contributed by atoms with Gasteiger partial charge < -0.3 is 14.8 Å². The lowest BCUT2D eigenvalue weighted by Crippen LogP contribution is -2.41. The number of hydrogen-bond donors (Lipinski definition) is 1. The van der Waals surface area contributed by atoms with Crippen molar-refractivity contribution in [2.45, 2.75) is 59.6 Å². The first-order chi connectivity index (χ1) is 7.03. The van der Waals surface area contributed by atoms with Crippen LogP contribution in [0.5, 0.6) is 0 Å². The third-order valence-corrected chi connectivity index (χ3v) is 1.70. The Kier molecular flexibility index (Phi) is 4.97. The molecule has 0 aromatic heterocycles. The minimum Gasteiger partial charge on any atom is -0.444 e. The van der Waals surface area contributed by atoms with Crippen LogP contribution in [0.15, 0.2) is 0 Å². The average Bonchev–Trinajstić information content (AvgIpc) is 1.96. The summed E-state index contributed by atoms with van der Waals surface area (Å²) in [7, 11) is 0. The number of alkyl carbamates (subject to hydrolysis) is 1. The molecule has 0 bridgehead atoms. The van der Waals surface area contributed by atoms with E-state index in [1.165, 1.54) is 0 Å². The molecule has 4 heteroatoms. The smallest absolute Gasteiger partial charge is 0.408 e. The summed E-state index contributed by atoms with van der Waals surface area (Å²) in [6, 6.07) is -0.491. The summed E-state index contributed by atoms with van der Waals surface area (Å²) in [6.07, 6.45) is 0.791. The molecular weight excluding hydrogens is 206 g/mol. The minimum absolute atomic E-state index is 0.0133. The van der Waals surface area contributed by atoms with Gasteiger partial charge in [0.05, 0.1) is 6.04 Å². The van der Waals surface area contributed by atoms with Crippen molar-refractivity contribution in [3.05, 3.63) is 0 Å². The van der Waals surface area contributed by atoms with Gasteiger partial charge in [0.25, 0.3) is 0 Å². The van der Waals surface area contributed by atoms with Crippen molar-refractivity contribution in [2.24, 2.45) is 5.41 Å². The van der Waals surface area contributed by atoms with Crippen LogP contribution in [0.1, 0.15) is 48.0 Å². The molecule has 0 aromatic rings. The Morgan fingerprint density at radius 3 is 2.06 bits per heavy atom. The number of carbonyl (C=O) groups excluding carboxylic acids is 2. The van der Waals surface area contributed by atoms with Gasteiger partial charge in [0.1, 0.15) is 11.9 Å². The second-order valence-electron chi connectivity index (χ2n) is 6.15. The lowest BCUT2D eigenvalue weighted by Gasteiger charge is -2.25. The van der Waals surface area contributed by atoms with E-state index in [-0.39, 0.29) is 5.41 Å². The maximum Gasteiger partial charge on any atom is 0.408 e. The molecule has 0 saturated carbocycles. The Bertz CT molecular complexity index is 248. The lowest BCUT2D eigenvalue weighted by atomic mass is 9.88. The SMILES string of the molecule is CC(C)(C)CC(C=O)NC(=O)OC(C)(C)C. The highest BCUT2D eigenvalue weighted by molar-refractivity contribution is 5.73. The molecule has 0 aliphatic rings. The number of carbonyl (C=O) groups is 2. The lowest BCUT2D eigenvalue weighted by molar-refractivity contribution is -0.110. The van der Waals surface area contributed by atoms with Crippen LogP contribution >= 0.6 is 0 Å². The number of aldehydes is 1. The normalized spacial score (nSPS) is 14.1. The van der Waals surface area contributed by atoms with E-state index in [1.54, 1.807) is 20.8 Å². The molecule has 4 nitrogen and oxygen atoms in total. The summed E-state index contributed by atoms with van der Waals surface area (Å²) in [4.78, 5) is 22.2. The van der Waals surface area contributed by atoms with E-state index in [0.717, 1.165) is 6.29 Å². The van der Waals surface area contributed by atoms with Crippen LogP contribution in [0.2, 0.25) is 0 Å². The van der Waals surface area contributed by atoms with E-state index in [1.807, 2.05) is 20.8 Å². The second kappa shape index (κ2) is 5.32. The van der Waals surface area contributed by atoms with E-state index in [9.17, 15) is 9.59 Å². The van der Waals surface area contributed by atoms with Crippen LogP contribution in [0.4, 0.5) is 4.79 Å². The van der Waals surface area contributed by atoms with Crippen molar-refractivity contribution in [3.63, 3.8) is 0 Å². The van der Waals surface area contributed by atoms with Gasteiger partial charge in [-0.1, -0.05) is 20.8 Å². The number of rotatable bonds is 3. The Morgan fingerprint density at radius 1 is 1.25 bits per heavy atom. The molecule has 0 fully saturated rings. The van der Waals surface area contributed by atoms with Gasteiger partial charge in [-0.3, -0.25) is 0 Å². The average molecular weight is 229 g/mol. The van der Waals surface area contributed by atoms with E-state index < -0.39 is 17.7 Å². The molecule has 1 amide bonds. The molecule has 16 heavy (non-hydrogen) atoms. The zero-order valence-corrected chi connectivity index (χ0v) is 11.1. The Balaban J connectivity index is 4.24. The fraction of sp³-hybridized carbons (Fsp3) is 0.833. The molecule has 1 unspecified atom stereocenters. The molecule has 0 radical (unpaired) electrons. The largest absolute Gasteiger partial charge is 0.444 e. The highest BCUT2D eigenvalue weighted by atomic mass is 16.6. The molecule has 1 N–H and O–H groups in total. The molecular formula is C12H23NO3. The van der Waals surface area contributed by atoms with Crippen LogP contribution in [0.3, 0.4) is 0 Å². The third-order valence-electron chi connectivity index (χ3n) is 1.70. The topological polar surface area (TPSA) is 55.4 Å². The maximum atomic E-state index is 11.4. The van der Waals surface area contributed by atoms with Gasteiger partial charge in [-0.15, -0.1) is 0 Å². The summed E-state index contributed by atoms with van der Waals surface area (Å²) >= 11 is 0. The fourth-order valence-corrected chi connectivity index (χ4v) is 1.25. The van der Waals surface area contributed by atoms with Gasteiger partial charge >= 0.3 is 6.09 Å². The van der Waals surface area contributed by atoms with E-state index >= 15 is 0 Å². The number of ether oxygens (including phenoxy) is 1. The van der Waals surface area contributed by atoms with Crippen molar-refractivity contribution < 1.29 is 14.3 Å². The zero-order chi connectivity index (χ0) is 13.0. The zero-order valence-electron chi connectivity index (χ0n) is 11.1. The first kappa shape index (κ1) is 14.9. The molecule has 0 saturated heterocycles. The molecule has 94 valence electrons. The van der Waals surface area contributed by atoms with E-state index in [0.29, 0.717) is 6.42 Å². The summed E-state index contributed by atoms with van der Waals surface area (Å²) in [5, 5.41) is 2.55. The van der Waals surface area contributed by atoms with Gasteiger partial charge in [0, 0.05) is 0 Å². The second-order valence-corrected chi connectivity index (χ2v) is 6.15. The summed E-state index contributed by atoms with van der Waals surface area (Å²) in [6.45, 7) is 11.4. The molecule has 0 heterocycles. The van der Waals surface area contributed by atoms with Crippen molar-refractivity contribution >= 4 is 12.4 Å². The first-order valence-electron chi connectivity index (χ1n) is 5.48. The van der Waals surface area contributed by atoms with Gasteiger partial charge in [-0.05, 0) is 32.6 Å². The number of hydrogen-bond acceptors (Lipinski definition) is 3. The van der Waals surface area contributed by atoms with Crippen molar-refractivity contribution in [1.29, 1.82) is 0 Å². The molecule has 1 atom stereocenters. The first-order valence-corrected chi connectivity index (χ1v) is 5.48. The van der Waals surface area contributed by atoms with Crippen LogP contribution in [-0.4, -0.2) is 24.0 Å². The van der Waals surface area contributed by atoms with Gasteiger partial charge in [-0.25, -0.2) is 4.79 Å².